The summed E-state index contributed by atoms with van der Waals surface area (Å²) in [4.78, 5) is 27.4. The summed E-state index contributed by atoms with van der Waals surface area (Å²) in [6.07, 6.45) is 3.14. The number of furan rings is 1. The summed E-state index contributed by atoms with van der Waals surface area (Å²) in [5.41, 5.74) is 0.736. The molecule has 3 rings (SSSR count). The second-order valence-corrected chi connectivity index (χ2v) is 5.92. The van der Waals surface area contributed by atoms with Crippen molar-refractivity contribution in [3.05, 3.63) is 36.0 Å². The van der Waals surface area contributed by atoms with Crippen LogP contribution in [0.5, 0.6) is 0 Å². The number of amides is 2. The van der Waals surface area contributed by atoms with Gasteiger partial charge in [-0.15, -0.1) is 0 Å². The number of carboxylic acids is 1. The summed E-state index contributed by atoms with van der Waals surface area (Å²) in [5.74, 6) is -0.940. The summed E-state index contributed by atoms with van der Waals surface area (Å²) in [5, 5.41) is 22.5. The number of hydrogen-bond acceptors (Lipinski definition) is 6. The lowest BCUT2D eigenvalue weighted by Gasteiger charge is -2.22. The highest BCUT2D eigenvalue weighted by molar-refractivity contribution is 5.76. The van der Waals surface area contributed by atoms with Crippen LogP contribution in [0.4, 0.5) is 4.79 Å². The minimum atomic E-state index is -0.920. The van der Waals surface area contributed by atoms with E-state index in [9.17, 15) is 14.7 Å². The highest BCUT2D eigenvalue weighted by Crippen LogP contribution is 2.13. The monoisotopic (exact) mass is 348 g/mol. The quantitative estimate of drug-likeness (QED) is 0.700. The summed E-state index contributed by atoms with van der Waals surface area (Å²) in [6, 6.07) is 3.21. The van der Waals surface area contributed by atoms with Crippen molar-refractivity contribution in [1.82, 2.24) is 30.5 Å². The fourth-order valence-electron chi connectivity index (χ4n) is 2.78. The first-order valence-electron chi connectivity index (χ1n) is 7.97. The molecule has 25 heavy (non-hydrogen) atoms. The standard InChI is InChI=1S/C15H20N6O4/c22-14(23)11-8-20(10-12-6-17-19-18-12)3-4-21(9-11)15(24)16-7-13-2-1-5-25-13/h1-2,5-6,11H,3-4,7-10H2,(H,16,24)(H,22,23)(H,17,18,19). The van der Waals surface area contributed by atoms with Crippen molar-refractivity contribution in [2.45, 2.75) is 13.1 Å². The predicted octanol–water partition coefficient (Wildman–Crippen LogP) is 0.126. The van der Waals surface area contributed by atoms with E-state index in [2.05, 4.69) is 20.7 Å². The summed E-state index contributed by atoms with van der Waals surface area (Å²) in [7, 11) is 0. The number of urea groups is 1. The fraction of sp³-hybridized carbons (Fsp3) is 0.467. The number of rotatable bonds is 5. The number of aliphatic carboxylic acids is 1. The van der Waals surface area contributed by atoms with Crippen LogP contribution in [0.2, 0.25) is 0 Å². The van der Waals surface area contributed by atoms with Gasteiger partial charge in [-0.25, -0.2) is 4.79 Å². The van der Waals surface area contributed by atoms with Gasteiger partial charge in [-0.05, 0) is 12.1 Å². The maximum Gasteiger partial charge on any atom is 0.317 e. The third-order valence-electron chi connectivity index (χ3n) is 4.09. The van der Waals surface area contributed by atoms with Gasteiger partial charge in [-0.3, -0.25) is 9.69 Å². The van der Waals surface area contributed by atoms with Crippen molar-refractivity contribution in [2.75, 3.05) is 26.2 Å². The van der Waals surface area contributed by atoms with Gasteiger partial charge in [-0.2, -0.15) is 15.4 Å². The van der Waals surface area contributed by atoms with Gasteiger partial charge in [-0.1, -0.05) is 0 Å². The highest BCUT2D eigenvalue weighted by Gasteiger charge is 2.30. The van der Waals surface area contributed by atoms with E-state index in [1.807, 2.05) is 4.90 Å². The van der Waals surface area contributed by atoms with Crippen molar-refractivity contribution < 1.29 is 19.1 Å². The van der Waals surface area contributed by atoms with Gasteiger partial charge >= 0.3 is 12.0 Å². The van der Waals surface area contributed by atoms with Gasteiger partial charge in [0.1, 0.15) is 5.76 Å². The summed E-state index contributed by atoms with van der Waals surface area (Å²) in [6.45, 7) is 2.26. The van der Waals surface area contributed by atoms with E-state index in [0.29, 0.717) is 31.9 Å². The Kier molecular flexibility index (Phi) is 5.29. The Morgan fingerprint density at radius 3 is 2.96 bits per heavy atom. The molecular weight excluding hydrogens is 328 g/mol. The Hall–Kier alpha value is -2.88. The molecule has 1 saturated heterocycles. The highest BCUT2D eigenvalue weighted by atomic mass is 16.4. The first kappa shape index (κ1) is 17.0. The average Bonchev–Trinajstić information content (AvgIpc) is 3.24. The van der Waals surface area contributed by atoms with Crippen LogP contribution in [0.25, 0.3) is 0 Å². The SMILES string of the molecule is O=C(O)C1CN(Cc2cn[nH]n2)CCN(C(=O)NCc2ccco2)C1. The van der Waals surface area contributed by atoms with Crippen molar-refractivity contribution >= 4 is 12.0 Å². The van der Waals surface area contributed by atoms with Crippen LogP contribution in [-0.4, -0.2) is 68.5 Å². The van der Waals surface area contributed by atoms with Crippen LogP contribution >= 0.6 is 0 Å². The van der Waals surface area contributed by atoms with E-state index in [1.54, 1.807) is 18.3 Å². The van der Waals surface area contributed by atoms with Crippen LogP contribution in [0.15, 0.2) is 29.0 Å². The van der Waals surface area contributed by atoms with Crippen LogP contribution in [-0.2, 0) is 17.9 Å². The van der Waals surface area contributed by atoms with Crippen LogP contribution in [0, 0.1) is 5.92 Å². The molecular formula is C15H20N6O4. The van der Waals surface area contributed by atoms with Crippen molar-refractivity contribution in [3.8, 4) is 0 Å². The molecule has 0 radical (unpaired) electrons. The number of hydrogen-bond donors (Lipinski definition) is 3. The molecule has 1 aliphatic heterocycles. The second-order valence-electron chi connectivity index (χ2n) is 5.92. The molecule has 1 unspecified atom stereocenters. The maximum absolute atomic E-state index is 12.4. The summed E-state index contributed by atoms with van der Waals surface area (Å²) < 4.78 is 5.18. The Bertz CT molecular complexity index is 687. The van der Waals surface area contributed by atoms with Gasteiger partial charge in [0.25, 0.3) is 0 Å². The summed E-state index contributed by atoms with van der Waals surface area (Å²) >= 11 is 0. The molecule has 2 aromatic heterocycles. The molecule has 10 heteroatoms. The van der Waals surface area contributed by atoms with E-state index < -0.39 is 11.9 Å². The van der Waals surface area contributed by atoms with Crippen molar-refractivity contribution in [3.63, 3.8) is 0 Å². The minimum Gasteiger partial charge on any atom is -0.481 e. The van der Waals surface area contributed by atoms with E-state index >= 15 is 0 Å². The molecule has 0 aliphatic carbocycles. The molecule has 3 heterocycles. The van der Waals surface area contributed by atoms with E-state index in [1.165, 1.54) is 11.2 Å². The average molecular weight is 348 g/mol. The van der Waals surface area contributed by atoms with Gasteiger partial charge in [0.15, 0.2) is 0 Å². The lowest BCUT2D eigenvalue weighted by Crippen LogP contribution is -2.43. The van der Waals surface area contributed by atoms with E-state index in [0.717, 1.165) is 5.69 Å². The first-order valence-corrected chi connectivity index (χ1v) is 7.97. The molecule has 2 aromatic rings. The fourth-order valence-corrected chi connectivity index (χ4v) is 2.78. The van der Waals surface area contributed by atoms with Crippen LogP contribution in [0.1, 0.15) is 11.5 Å². The Balaban J connectivity index is 1.60. The molecule has 2 amide bonds. The van der Waals surface area contributed by atoms with E-state index in [4.69, 9.17) is 4.42 Å². The van der Waals surface area contributed by atoms with Gasteiger partial charge in [0.05, 0.1) is 30.6 Å². The molecule has 0 aromatic carbocycles. The molecule has 1 fully saturated rings. The Morgan fingerprint density at radius 2 is 2.28 bits per heavy atom. The molecule has 0 saturated carbocycles. The lowest BCUT2D eigenvalue weighted by molar-refractivity contribution is -0.142. The van der Waals surface area contributed by atoms with Gasteiger partial charge < -0.3 is 19.7 Å². The first-order chi connectivity index (χ1) is 12.1. The lowest BCUT2D eigenvalue weighted by atomic mass is 10.1. The Labute approximate surface area is 143 Å². The third-order valence-corrected chi connectivity index (χ3v) is 4.09. The third kappa shape index (κ3) is 4.57. The number of aromatic amines is 1. The smallest absolute Gasteiger partial charge is 0.317 e. The van der Waals surface area contributed by atoms with E-state index in [-0.39, 0.29) is 19.1 Å². The second kappa shape index (κ2) is 7.79. The maximum atomic E-state index is 12.4. The minimum absolute atomic E-state index is 0.161. The normalized spacial score (nSPS) is 18.7. The van der Waals surface area contributed by atoms with Crippen LogP contribution < -0.4 is 5.32 Å². The topological polar surface area (TPSA) is 128 Å². The molecule has 0 spiro atoms. The number of carbonyl (C=O) groups excluding carboxylic acids is 1. The molecule has 134 valence electrons. The number of nitrogens with one attached hydrogen (secondary N) is 2. The van der Waals surface area contributed by atoms with Gasteiger partial charge in [0.2, 0.25) is 0 Å². The Morgan fingerprint density at radius 1 is 1.40 bits per heavy atom. The number of H-pyrrole nitrogens is 1. The molecule has 1 atom stereocenters. The number of carboxylic acid groups (broad SMARTS) is 1. The van der Waals surface area contributed by atoms with Crippen LogP contribution in [0.3, 0.4) is 0 Å². The van der Waals surface area contributed by atoms with Crippen molar-refractivity contribution in [2.24, 2.45) is 5.92 Å². The number of carbonyl (C=O) groups is 2. The molecule has 3 N–H and O–H groups in total. The predicted molar refractivity (Wildman–Crippen MR) is 85.3 cm³/mol. The zero-order valence-electron chi connectivity index (χ0n) is 13.6. The molecule has 10 nitrogen and oxygen atoms in total. The number of nitrogens with zero attached hydrogens (tertiary/aromatic N) is 4. The molecule has 1 aliphatic rings. The zero-order valence-corrected chi connectivity index (χ0v) is 13.6. The largest absolute Gasteiger partial charge is 0.481 e. The number of aromatic nitrogens is 3. The van der Waals surface area contributed by atoms with Gasteiger partial charge in [0, 0.05) is 32.7 Å². The zero-order chi connectivity index (χ0) is 17.6. The molecule has 0 bridgehead atoms. The van der Waals surface area contributed by atoms with Crippen molar-refractivity contribution in [1.29, 1.82) is 0 Å².